The van der Waals surface area contributed by atoms with E-state index in [1.807, 2.05) is 25.2 Å². The molecule has 94 valence electrons. The third-order valence-corrected chi connectivity index (χ3v) is 4.24. The molecule has 0 bridgehead atoms. The van der Waals surface area contributed by atoms with Crippen molar-refractivity contribution in [2.24, 2.45) is 0 Å². The van der Waals surface area contributed by atoms with Crippen molar-refractivity contribution in [2.75, 3.05) is 6.54 Å². The Morgan fingerprint density at radius 1 is 1.65 bits per heavy atom. The lowest BCUT2D eigenvalue weighted by Gasteiger charge is -2.26. The second-order valence-corrected chi connectivity index (χ2v) is 5.53. The van der Waals surface area contributed by atoms with Gasteiger partial charge in [0.05, 0.1) is 6.04 Å². The molecule has 2 N–H and O–H groups in total. The first-order valence-corrected chi connectivity index (χ1v) is 7.20. The monoisotopic (exact) mass is 252 g/mol. The smallest absolute Gasteiger partial charge is 0.236 e. The summed E-state index contributed by atoms with van der Waals surface area (Å²) in [6.07, 6.45) is 3.54. The molecule has 2 rings (SSSR count). The molecule has 4 heteroatoms. The van der Waals surface area contributed by atoms with Gasteiger partial charge in [-0.05, 0) is 50.1 Å². The van der Waals surface area contributed by atoms with Crippen LogP contribution < -0.4 is 10.6 Å². The van der Waals surface area contributed by atoms with Crippen molar-refractivity contribution in [3.05, 3.63) is 21.9 Å². The van der Waals surface area contributed by atoms with E-state index in [0.29, 0.717) is 12.6 Å². The van der Waals surface area contributed by atoms with Crippen LogP contribution in [0.5, 0.6) is 0 Å². The quantitative estimate of drug-likeness (QED) is 0.863. The first-order chi connectivity index (χ1) is 8.22. The fourth-order valence-electron chi connectivity index (χ4n) is 2.36. The number of carbonyl (C=O) groups excluding carboxylic acids is 1. The molecule has 1 aromatic heterocycles. The first kappa shape index (κ1) is 12.6. The highest BCUT2D eigenvalue weighted by atomic mass is 32.1. The molecule has 1 aliphatic rings. The van der Waals surface area contributed by atoms with E-state index in [1.54, 1.807) is 0 Å². The molecule has 2 unspecified atom stereocenters. The second-order valence-electron chi connectivity index (χ2n) is 4.53. The van der Waals surface area contributed by atoms with Gasteiger partial charge in [0.25, 0.3) is 0 Å². The highest BCUT2D eigenvalue weighted by Gasteiger charge is 2.24. The molecule has 1 aromatic rings. The van der Waals surface area contributed by atoms with Crippen molar-refractivity contribution in [3.63, 3.8) is 0 Å². The number of hydrogen-bond donors (Lipinski definition) is 2. The summed E-state index contributed by atoms with van der Waals surface area (Å²) in [7, 11) is 0. The summed E-state index contributed by atoms with van der Waals surface area (Å²) in [5.74, 6) is 0.0925. The zero-order valence-electron chi connectivity index (χ0n) is 10.5. The average molecular weight is 252 g/mol. The lowest BCUT2D eigenvalue weighted by Crippen LogP contribution is -2.44. The van der Waals surface area contributed by atoms with E-state index >= 15 is 0 Å². The van der Waals surface area contributed by atoms with Gasteiger partial charge >= 0.3 is 0 Å². The molecule has 0 spiro atoms. The van der Waals surface area contributed by atoms with E-state index in [2.05, 4.69) is 22.1 Å². The fraction of sp³-hybridized carbons (Fsp3) is 0.615. The van der Waals surface area contributed by atoms with Crippen LogP contribution in [-0.4, -0.2) is 18.5 Å². The van der Waals surface area contributed by atoms with Crippen molar-refractivity contribution >= 4 is 17.2 Å². The molecular weight excluding hydrogens is 232 g/mol. The number of thiophene rings is 1. The Morgan fingerprint density at radius 3 is 3.24 bits per heavy atom. The van der Waals surface area contributed by atoms with E-state index in [4.69, 9.17) is 0 Å². The lowest BCUT2D eigenvalue weighted by molar-refractivity contribution is -0.122. The molecule has 17 heavy (non-hydrogen) atoms. The molecule has 1 heterocycles. The van der Waals surface area contributed by atoms with Gasteiger partial charge in [0.1, 0.15) is 0 Å². The van der Waals surface area contributed by atoms with Crippen LogP contribution in [-0.2, 0) is 11.2 Å². The summed E-state index contributed by atoms with van der Waals surface area (Å²) < 4.78 is 0. The van der Waals surface area contributed by atoms with Crippen LogP contribution in [0.4, 0.5) is 0 Å². The van der Waals surface area contributed by atoms with Crippen LogP contribution in [0.1, 0.15) is 43.2 Å². The van der Waals surface area contributed by atoms with Crippen LogP contribution in [0.15, 0.2) is 11.4 Å². The summed E-state index contributed by atoms with van der Waals surface area (Å²) >= 11 is 1.83. The maximum absolute atomic E-state index is 11.7. The molecule has 1 aliphatic carbocycles. The van der Waals surface area contributed by atoms with E-state index < -0.39 is 0 Å². The van der Waals surface area contributed by atoms with Crippen molar-refractivity contribution in [1.29, 1.82) is 0 Å². The van der Waals surface area contributed by atoms with Gasteiger partial charge in [-0.15, -0.1) is 11.3 Å². The van der Waals surface area contributed by atoms with E-state index in [9.17, 15) is 4.79 Å². The van der Waals surface area contributed by atoms with Crippen LogP contribution in [0.3, 0.4) is 0 Å². The van der Waals surface area contributed by atoms with Gasteiger partial charge in [0, 0.05) is 17.5 Å². The Labute approximate surface area is 107 Å². The molecule has 0 saturated heterocycles. The minimum Gasteiger partial charge on any atom is -0.355 e. The number of likely N-dealkylation sites (N-methyl/N-ethyl adjacent to an activating group) is 1. The summed E-state index contributed by atoms with van der Waals surface area (Å²) in [5.41, 5.74) is 1.40. The zero-order chi connectivity index (χ0) is 12.3. The largest absolute Gasteiger partial charge is 0.355 e. The summed E-state index contributed by atoms with van der Waals surface area (Å²) in [6, 6.07) is 2.43. The average Bonchev–Trinajstić information content (AvgIpc) is 2.78. The predicted molar refractivity (Wildman–Crippen MR) is 71.3 cm³/mol. The molecular formula is C13H20N2OS. The third kappa shape index (κ3) is 2.87. The molecule has 0 saturated carbocycles. The number of rotatable bonds is 4. The Balaban J connectivity index is 1.99. The number of fused-ring (bicyclic) bond motifs is 1. The second kappa shape index (κ2) is 5.65. The zero-order valence-corrected chi connectivity index (χ0v) is 11.3. The third-order valence-electron chi connectivity index (χ3n) is 3.25. The highest BCUT2D eigenvalue weighted by molar-refractivity contribution is 7.10. The number of carbonyl (C=O) groups is 1. The minimum absolute atomic E-state index is 0.0925. The molecule has 0 fully saturated rings. The van der Waals surface area contributed by atoms with Gasteiger partial charge < -0.3 is 5.32 Å². The van der Waals surface area contributed by atoms with Gasteiger partial charge in [-0.3, -0.25) is 10.1 Å². The maximum atomic E-state index is 11.7. The number of amides is 1. The Morgan fingerprint density at radius 2 is 2.47 bits per heavy atom. The number of hydrogen-bond acceptors (Lipinski definition) is 3. The number of aryl methyl sites for hydroxylation is 1. The van der Waals surface area contributed by atoms with Crippen LogP contribution >= 0.6 is 11.3 Å². The van der Waals surface area contributed by atoms with Gasteiger partial charge in [-0.25, -0.2) is 0 Å². The van der Waals surface area contributed by atoms with E-state index in [0.717, 1.165) is 6.42 Å². The summed E-state index contributed by atoms with van der Waals surface area (Å²) in [6.45, 7) is 4.58. The maximum Gasteiger partial charge on any atom is 0.236 e. The van der Waals surface area contributed by atoms with Gasteiger partial charge in [-0.2, -0.15) is 0 Å². The first-order valence-electron chi connectivity index (χ1n) is 6.32. The Hall–Kier alpha value is -0.870. The predicted octanol–water partition coefficient (Wildman–Crippen LogP) is 2.24. The van der Waals surface area contributed by atoms with E-state index in [-0.39, 0.29) is 11.9 Å². The van der Waals surface area contributed by atoms with Crippen molar-refractivity contribution in [3.8, 4) is 0 Å². The molecule has 0 radical (unpaired) electrons. The molecule has 1 amide bonds. The standard InChI is InChI=1S/C13H20N2OS/c1-3-14-13(16)9(2)15-11-5-4-6-12-10(11)7-8-17-12/h7-9,11,15H,3-6H2,1-2H3,(H,14,16). The van der Waals surface area contributed by atoms with Gasteiger partial charge in [0.2, 0.25) is 5.91 Å². The summed E-state index contributed by atoms with van der Waals surface area (Å²) in [5, 5.41) is 8.45. The summed E-state index contributed by atoms with van der Waals surface area (Å²) in [4.78, 5) is 13.2. The number of nitrogens with one attached hydrogen (secondary N) is 2. The van der Waals surface area contributed by atoms with Crippen molar-refractivity contribution in [2.45, 2.75) is 45.2 Å². The Kier molecular flexibility index (Phi) is 4.18. The normalized spacial score (nSPS) is 20.7. The fourth-order valence-corrected chi connectivity index (χ4v) is 3.35. The van der Waals surface area contributed by atoms with Crippen LogP contribution in [0.2, 0.25) is 0 Å². The van der Waals surface area contributed by atoms with Gasteiger partial charge in [0.15, 0.2) is 0 Å². The molecule has 0 aliphatic heterocycles. The van der Waals surface area contributed by atoms with Crippen LogP contribution in [0, 0.1) is 0 Å². The van der Waals surface area contributed by atoms with Crippen molar-refractivity contribution < 1.29 is 4.79 Å². The topological polar surface area (TPSA) is 41.1 Å². The van der Waals surface area contributed by atoms with Crippen LogP contribution in [0.25, 0.3) is 0 Å². The van der Waals surface area contributed by atoms with Crippen molar-refractivity contribution in [1.82, 2.24) is 10.6 Å². The Bertz CT molecular complexity index is 389. The molecule has 2 atom stereocenters. The molecule has 3 nitrogen and oxygen atoms in total. The lowest BCUT2D eigenvalue weighted by atomic mass is 9.93. The SMILES string of the molecule is CCNC(=O)C(C)NC1CCCc2sccc21. The van der Waals surface area contributed by atoms with Gasteiger partial charge in [-0.1, -0.05) is 0 Å². The van der Waals surface area contributed by atoms with E-state index in [1.165, 1.54) is 23.3 Å². The molecule has 0 aromatic carbocycles. The minimum atomic E-state index is -0.120. The highest BCUT2D eigenvalue weighted by Crippen LogP contribution is 2.33.